The minimum Gasteiger partial charge on any atom is -0.497 e. The number of imide groups is 1. The Hall–Kier alpha value is -4.59. The van der Waals surface area contributed by atoms with Crippen LogP contribution in [-0.4, -0.2) is 57.5 Å². The summed E-state index contributed by atoms with van der Waals surface area (Å²) in [4.78, 5) is 41.2. The van der Waals surface area contributed by atoms with E-state index in [-0.39, 0.29) is 16.9 Å². The zero-order valence-corrected chi connectivity index (χ0v) is 20.4. The largest absolute Gasteiger partial charge is 0.497 e. The summed E-state index contributed by atoms with van der Waals surface area (Å²) in [7, 11) is 6.07. The molecule has 184 valence electrons. The third-order valence-electron chi connectivity index (χ3n) is 5.93. The lowest BCUT2D eigenvalue weighted by Crippen LogP contribution is -2.36. The number of Topliss-reactive ketones (excluding diaryl/α,β-unsaturated/α-hetero) is 1. The van der Waals surface area contributed by atoms with Gasteiger partial charge in [0.1, 0.15) is 11.5 Å². The zero-order chi connectivity index (χ0) is 25.8. The highest BCUT2D eigenvalue weighted by Gasteiger charge is 2.40. The van der Waals surface area contributed by atoms with Crippen LogP contribution in [0.2, 0.25) is 0 Å². The number of carbonyl (C=O) groups is 3. The number of rotatable bonds is 9. The van der Waals surface area contributed by atoms with Crippen LogP contribution in [0.15, 0.2) is 66.7 Å². The van der Waals surface area contributed by atoms with E-state index in [4.69, 9.17) is 18.9 Å². The maximum Gasteiger partial charge on any atom is 0.262 e. The van der Waals surface area contributed by atoms with Gasteiger partial charge in [0.15, 0.2) is 17.3 Å². The Morgan fingerprint density at radius 3 is 1.67 bits per heavy atom. The first-order chi connectivity index (χ1) is 17.4. The van der Waals surface area contributed by atoms with Crippen molar-refractivity contribution in [2.45, 2.75) is 0 Å². The number of amides is 2. The number of carbonyl (C=O) groups excluding carboxylic acids is 3. The van der Waals surface area contributed by atoms with Gasteiger partial charge in [-0.05, 0) is 59.7 Å². The SMILES string of the molecule is COc1ccc(C(=O)CN2C(=O)C(c3ccc(OC)cc3)=C(c3ccc(OC)c(OC)c3)C2=O)cc1. The first kappa shape index (κ1) is 24.5. The fraction of sp³-hybridized carbons (Fsp3) is 0.179. The first-order valence-electron chi connectivity index (χ1n) is 11.1. The Morgan fingerprint density at radius 1 is 0.639 bits per heavy atom. The standard InChI is InChI=1S/C28H25NO7/c1-33-20-10-5-17(6-11-20)22(30)16-29-27(31)25(18-7-12-21(34-2)13-8-18)26(28(29)32)19-9-14-23(35-3)24(15-19)36-4/h5-15H,16H2,1-4H3. The second-order valence-electron chi connectivity index (χ2n) is 7.90. The van der Waals surface area contributed by atoms with Crippen LogP contribution in [-0.2, 0) is 9.59 Å². The molecule has 0 saturated heterocycles. The van der Waals surface area contributed by atoms with Crippen molar-refractivity contribution in [1.82, 2.24) is 4.90 Å². The minimum absolute atomic E-state index is 0.175. The third-order valence-corrected chi connectivity index (χ3v) is 5.93. The maximum atomic E-state index is 13.6. The summed E-state index contributed by atoms with van der Waals surface area (Å²) < 4.78 is 21.1. The molecule has 0 fully saturated rings. The van der Waals surface area contributed by atoms with Crippen LogP contribution in [0.3, 0.4) is 0 Å². The number of methoxy groups -OCH3 is 4. The molecule has 0 radical (unpaired) electrons. The summed E-state index contributed by atoms with van der Waals surface area (Å²) in [5.74, 6) is 0.592. The van der Waals surface area contributed by atoms with Crippen LogP contribution in [0.25, 0.3) is 11.1 Å². The van der Waals surface area contributed by atoms with Crippen molar-refractivity contribution in [3.63, 3.8) is 0 Å². The van der Waals surface area contributed by atoms with Crippen LogP contribution in [0.5, 0.6) is 23.0 Å². The molecule has 1 aliphatic rings. The average Bonchev–Trinajstić information content (AvgIpc) is 3.17. The summed E-state index contributed by atoms with van der Waals surface area (Å²) in [6.07, 6.45) is 0. The molecule has 0 unspecified atom stereocenters. The van der Waals surface area contributed by atoms with Crippen LogP contribution in [0.1, 0.15) is 21.5 Å². The highest BCUT2D eigenvalue weighted by Crippen LogP contribution is 2.39. The van der Waals surface area contributed by atoms with E-state index in [0.717, 1.165) is 4.90 Å². The molecule has 0 spiro atoms. The van der Waals surface area contributed by atoms with Gasteiger partial charge in [0.25, 0.3) is 11.8 Å². The van der Waals surface area contributed by atoms with E-state index in [9.17, 15) is 14.4 Å². The molecule has 0 aliphatic carbocycles. The number of benzene rings is 3. The summed E-state index contributed by atoms with van der Waals surface area (Å²) in [5, 5.41) is 0. The van der Waals surface area contributed by atoms with Gasteiger partial charge in [0.05, 0.1) is 46.1 Å². The molecule has 0 bridgehead atoms. The van der Waals surface area contributed by atoms with Crippen molar-refractivity contribution < 1.29 is 33.3 Å². The van der Waals surface area contributed by atoms with Crippen molar-refractivity contribution in [3.8, 4) is 23.0 Å². The predicted molar refractivity (Wildman–Crippen MR) is 133 cm³/mol. The zero-order valence-electron chi connectivity index (χ0n) is 20.4. The van der Waals surface area contributed by atoms with E-state index in [2.05, 4.69) is 0 Å². The Balaban J connectivity index is 1.76. The van der Waals surface area contributed by atoms with E-state index in [1.807, 2.05) is 0 Å². The molecule has 8 heteroatoms. The molecule has 0 aromatic heterocycles. The quantitative estimate of drug-likeness (QED) is 0.334. The molecule has 1 aliphatic heterocycles. The summed E-state index contributed by atoms with van der Waals surface area (Å²) in [6, 6.07) is 18.3. The second-order valence-corrected chi connectivity index (χ2v) is 7.90. The fourth-order valence-electron chi connectivity index (χ4n) is 4.02. The first-order valence-corrected chi connectivity index (χ1v) is 11.1. The molecule has 0 atom stereocenters. The second kappa shape index (κ2) is 10.4. The molecule has 3 aromatic rings. The lowest BCUT2D eigenvalue weighted by Gasteiger charge is -2.15. The molecular formula is C28H25NO7. The van der Waals surface area contributed by atoms with Crippen LogP contribution in [0.4, 0.5) is 0 Å². The van der Waals surface area contributed by atoms with Gasteiger partial charge in [0, 0.05) is 5.56 Å². The van der Waals surface area contributed by atoms with Gasteiger partial charge in [-0.1, -0.05) is 18.2 Å². The highest BCUT2D eigenvalue weighted by molar-refractivity contribution is 6.49. The number of ether oxygens (including phenoxy) is 4. The third kappa shape index (κ3) is 4.53. The highest BCUT2D eigenvalue weighted by atomic mass is 16.5. The topological polar surface area (TPSA) is 91.4 Å². The van der Waals surface area contributed by atoms with Crippen molar-refractivity contribution in [2.75, 3.05) is 35.0 Å². The van der Waals surface area contributed by atoms with Gasteiger partial charge in [-0.25, -0.2) is 0 Å². The molecule has 4 rings (SSSR count). The molecule has 0 N–H and O–H groups in total. The van der Waals surface area contributed by atoms with Crippen LogP contribution in [0, 0.1) is 0 Å². The van der Waals surface area contributed by atoms with E-state index >= 15 is 0 Å². The van der Waals surface area contributed by atoms with E-state index in [1.165, 1.54) is 21.3 Å². The lowest BCUT2D eigenvalue weighted by molar-refractivity contribution is -0.135. The Morgan fingerprint density at radius 2 is 1.14 bits per heavy atom. The number of ketones is 1. The van der Waals surface area contributed by atoms with E-state index < -0.39 is 18.4 Å². The average molecular weight is 488 g/mol. The molecule has 2 amide bonds. The lowest BCUT2D eigenvalue weighted by atomic mass is 9.96. The van der Waals surface area contributed by atoms with Gasteiger partial charge in [0.2, 0.25) is 0 Å². The molecule has 1 heterocycles. The predicted octanol–water partition coefficient (Wildman–Crippen LogP) is 3.88. The Bertz CT molecular complexity index is 1340. The maximum absolute atomic E-state index is 13.6. The van der Waals surface area contributed by atoms with Crippen LogP contribution >= 0.6 is 0 Å². The minimum atomic E-state index is -0.570. The van der Waals surface area contributed by atoms with Crippen LogP contribution < -0.4 is 18.9 Å². The monoisotopic (exact) mass is 487 g/mol. The van der Waals surface area contributed by atoms with Gasteiger partial charge >= 0.3 is 0 Å². The molecule has 3 aromatic carbocycles. The van der Waals surface area contributed by atoms with Gasteiger partial charge < -0.3 is 18.9 Å². The van der Waals surface area contributed by atoms with Crippen molar-refractivity contribution >= 4 is 28.7 Å². The molecular weight excluding hydrogens is 462 g/mol. The smallest absolute Gasteiger partial charge is 0.262 e. The number of hydrogen-bond acceptors (Lipinski definition) is 7. The molecule has 36 heavy (non-hydrogen) atoms. The van der Waals surface area contributed by atoms with E-state index in [1.54, 1.807) is 73.8 Å². The van der Waals surface area contributed by atoms with Crippen molar-refractivity contribution in [1.29, 1.82) is 0 Å². The molecule has 0 saturated carbocycles. The van der Waals surface area contributed by atoms with E-state index in [0.29, 0.717) is 39.7 Å². The number of nitrogens with zero attached hydrogens (tertiary/aromatic N) is 1. The molecule has 8 nitrogen and oxygen atoms in total. The summed E-state index contributed by atoms with van der Waals surface area (Å²) in [5.41, 5.74) is 1.72. The Labute approximate surface area is 208 Å². The van der Waals surface area contributed by atoms with Gasteiger partial charge in [-0.15, -0.1) is 0 Å². The summed E-state index contributed by atoms with van der Waals surface area (Å²) >= 11 is 0. The van der Waals surface area contributed by atoms with Gasteiger partial charge in [-0.2, -0.15) is 0 Å². The number of hydrogen-bond donors (Lipinski definition) is 0. The Kier molecular flexibility index (Phi) is 7.05. The van der Waals surface area contributed by atoms with Gasteiger partial charge in [-0.3, -0.25) is 19.3 Å². The normalized spacial score (nSPS) is 13.2. The van der Waals surface area contributed by atoms with Crippen molar-refractivity contribution in [2.24, 2.45) is 0 Å². The fourth-order valence-corrected chi connectivity index (χ4v) is 4.02. The summed E-state index contributed by atoms with van der Waals surface area (Å²) in [6.45, 7) is -0.402. The van der Waals surface area contributed by atoms with Crippen molar-refractivity contribution in [3.05, 3.63) is 83.4 Å².